The van der Waals surface area contributed by atoms with Gasteiger partial charge >= 0.3 is 0 Å². The van der Waals surface area contributed by atoms with Crippen LogP contribution in [0.15, 0.2) is 35.3 Å². The Morgan fingerprint density at radius 3 is 2.47 bits per heavy atom. The summed E-state index contributed by atoms with van der Waals surface area (Å²) in [7, 11) is 0. The normalized spacial score (nSPS) is 16.8. The van der Waals surface area contributed by atoms with E-state index in [1.807, 2.05) is 4.57 Å². The third kappa shape index (κ3) is 2.66. The maximum atomic E-state index is 3.84. The molecular formula is C14H17BrN4. The van der Waals surface area contributed by atoms with E-state index in [-0.39, 0.29) is 0 Å². The highest BCUT2D eigenvalue weighted by molar-refractivity contribution is 9.10. The number of halogens is 1. The minimum absolute atomic E-state index is 0.853. The van der Waals surface area contributed by atoms with Crippen molar-refractivity contribution in [3.63, 3.8) is 0 Å². The molecule has 0 radical (unpaired) electrons. The molecule has 1 aliphatic heterocycles. The van der Waals surface area contributed by atoms with Crippen LogP contribution < -0.4 is 4.90 Å². The van der Waals surface area contributed by atoms with Crippen molar-refractivity contribution in [1.82, 2.24) is 14.8 Å². The van der Waals surface area contributed by atoms with Crippen molar-refractivity contribution in [3.8, 4) is 5.69 Å². The molecule has 0 unspecified atom stereocenters. The largest absolute Gasteiger partial charge is 0.371 e. The zero-order valence-corrected chi connectivity index (χ0v) is 12.5. The van der Waals surface area contributed by atoms with E-state index < -0.39 is 0 Å². The van der Waals surface area contributed by atoms with Gasteiger partial charge in [0.15, 0.2) is 0 Å². The van der Waals surface area contributed by atoms with Crippen LogP contribution in [0.3, 0.4) is 0 Å². The van der Waals surface area contributed by atoms with Gasteiger partial charge in [0.05, 0.1) is 5.69 Å². The molecule has 0 spiro atoms. The molecular weight excluding hydrogens is 304 g/mol. The van der Waals surface area contributed by atoms with Gasteiger partial charge in [0.2, 0.25) is 0 Å². The second kappa shape index (κ2) is 5.33. The van der Waals surface area contributed by atoms with Crippen molar-refractivity contribution in [2.75, 3.05) is 18.0 Å². The van der Waals surface area contributed by atoms with Gasteiger partial charge in [-0.25, -0.2) is 0 Å². The van der Waals surface area contributed by atoms with E-state index in [0.717, 1.165) is 29.2 Å². The number of piperidine rings is 1. The van der Waals surface area contributed by atoms with Gasteiger partial charge < -0.3 is 4.90 Å². The van der Waals surface area contributed by atoms with Crippen LogP contribution in [0.5, 0.6) is 0 Å². The van der Waals surface area contributed by atoms with Crippen molar-refractivity contribution in [2.45, 2.75) is 19.8 Å². The van der Waals surface area contributed by atoms with Gasteiger partial charge in [-0.2, -0.15) is 0 Å². The number of hydrogen-bond acceptors (Lipinski definition) is 3. The van der Waals surface area contributed by atoms with E-state index >= 15 is 0 Å². The summed E-state index contributed by atoms with van der Waals surface area (Å²) >= 11 is 3.69. The molecule has 1 aliphatic rings. The first kappa shape index (κ1) is 12.7. The minimum atomic E-state index is 0.853. The summed E-state index contributed by atoms with van der Waals surface area (Å²) in [6, 6.07) is 6.41. The molecule has 19 heavy (non-hydrogen) atoms. The lowest BCUT2D eigenvalue weighted by Gasteiger charge is -2.33. The molecule has 0 aliphatic carbocycles. The van der Waals surface area contributed by atoms with E-state index in [1.54, 1.807) is 12.7 Å². The Bertz CT molecular complexity index is 545. The summed E-state index contributed by atoms with van der Waals surface area (Å²) in [5, 5.41) is 7.67. The minimum Gasteiger partial charge on any atom is -0.371 e. The molecule has 2 aromatic rings. The topological polar surface area (TPSA) is 34.0 Å². The molecule has 0 saturated carbocycles. The number of anilines is 1. The number of aromatic nitrogens is 3. The van der Waals surface area contributed by atoms with Gasteiger partial charge in [0, 0.05) is 23.2 Å². The second-order valence-corrected chi connectivity index (χ2v) is 6.03. The lowest BCUT2D eigenvalue weighted by molar-refractivity contribution is 0.438. The summed E-state index contributed by atoms with van der Waals surface area (Å²) in [4.78, 5) is 2.46. The highest BCUT2D eigenvalue weighted by Crippen LogP contribution is 2.31. The van der Waals surface area contributed by atoms with Gasteiger partial charge in [-0.1, -0.05) is 6.92 Å². The second-order valence-electron chi connectivity index (χ2n) is 5.17. The van der Waals surface area contributed by atoms with Gasteiger partial charge in [-0.3, -0.25) is 4.57 Å². The predicted molar refractivity (Wildman–Crippen MR) is 79.7 cm³/mol. The van der Waals surface area contributed by atoms with Crippen molar-refractivity contribution in [2.24, 2.45) is 5.92 Å². The molecule has 1 aromatic carbocycles. The monoisotopic (exact) mass is 320 g/mol. The maximum Gasteiger partial charge on any atom is 0.123 e. The molecule has 0 amide bonds. The molecule has 0 bridgehead atoms. The van der Waals surface area contributed by atoms with Gasteiger partial charge in [0.25, 0.3) is 0 Å². The average Bonchev–Trinajstić information content (AvgIpc) is 2.94. The van der Waals surface area contributed by atoms with Crippen LogP contribution in [0, 0.1) is 5.92 Å². The number of nitrogens with zero attached hydrogens (tertiary/aromatic N) is 4. The summed E-state index contributed by atoms with van der Waals surface area (Å²) in [5.41, 5.74) is 2.36. The predicted octanol–water partition coefficient (Wildman–Crippen LogP) is 3.27. The van der Waals surface area contributed by atoms with Gasteiger partial charge in [0.1, 0.15) is 12.7 Å². The zero-order chi connectivity index (χ0) is 13.2. The van der Waals surface area contributed by atoms with E-state index in [9.17, 15) is 0 Å². The van der Waals surface area contributed by atoms with Crippen LogP contribution in [0.2, 0.25) is 0 Å². The van der Waals surface area contributed by atoms with Gasteiger partial charge in [-0.05, 0) is 52.9 Å². The first-order chi connectivity index (χ1) is 9.24. The Hall–Kier alpha value is -1.36. The Morgan fingerprint density at radius 2 is 1.84 bits per heavy atom. The standard InChI is InChI=1S/C14H17BrN4/c1-11-4-6-18(7-5-11)14-3-2-12(8-13(14)15)19-9-16-17-10-19/h2-3,8-11H,4-7H2,1H3. The Balaban J connectivity index is 1.84. The van der Waals surface area contributed by atoms with Gasteiger partial charge in [-0.15, -0.1) is 10.2 Å². The summed E-state index contributed by atoms with van der Waals surface area (Å²) in [5.74, 6) is 0.853. The smallest absolute Gasteiger partial charge is 0.123 e. The third-order valence-corrected chi connectivity index (χ3v) is 4.41. The Kier molecular flexibility index (Phi) is 3.55. The van der Waals surface area contributed by atoms with E-state index in [1.165, 1.54) is 18.5 Å². The lowest BCUT2D eigenvalue weighted by Crippen LogP contribution is -2.32. The van der Waals surface area contributed by atoms with Crippen molar-refractivity contribution in [1.29, 1.82) is 0 Å². The van der Waals surface area contributed by atoms with Crippen molar-refractivity contribution < 1.29 is 0 Å². The third-order valence-electron chi connectivity index (χ3n) is 3.77. The van der Waals surface area contributed by atoms with Crippen LogP contribution in [-0.4, -0.2) is 27.9 Å². The SMILES string of the molecule is CC1CCN(c2ccc(-n3cnnc3)cc2Br)CC1. The summed E-state index contributed by atoms with van der Waals surface area (Å²) in [6.45, 7) is 4.62. The highest BCUT2D eigenvalue weighted by Gasteiger charge is 2.18. The number of benzene rings is 1. The fourth-order valence-electron chi connectivity index (χ4n) is 2.50. The highest BCUT2D eigenvalue weighted by atomic mass is 79.9. The van der Waals surface area contributed by atoms with E-state index in [2.05, 4.69) is 56.2 Å². The number of hydrogen-bond donors (Lipinski definition) is 0. The molecule has 5 heteroatoms. The Morgan fingerprint density at radius 1 is 1.16 bits per heavy atom. The van der Waals surface area contributed by atoms with Crippen molar-refractivity contribution in [3.05, 3.63) is 35.3 Å². The first-order valence-corrected chi connectivity index (χ1v) is 7.43. The van der Waals surface area contributed by atoms with Crippen LogP contribution >= 0.6 is 15.9 Å². The molecule has 100 valence electrons. The number of rotatable bonds is 2. The summed E-state index contributed by atoms with van der Waals surface area (Å²) in [6.07, 6.45) is 5.98. The van der Waals surface area contributed by atoms with E-state index in [0.29, 0.717) is 0 Å². The zero-order valence-electron chi connectivity index (χ0n) is 11.0. The van der Waals surface area contributed by atoms with Crippen LogP contribution in [0.4, 0.5) is 5.69 Å². The molecule has 1 saturated heterocycles. The maximum absolute atomic E-state index is 3.84. The fraction of sp³-hybridized carbons (Fsp3) is 0.429. The molecule has 1 fully saturated rings. The molecule has 4 nitrogen and oxygen atoms in total. The molecule has 0 atom stereocenters. The molecule has 0 N–H and O–H groups in total. The van der Waals surface area contributed by atoms with E-state index in [4.69, 9.17) is 0 Å². The Labute approximate surface area is 121 Å². The molecule has 1 aromatic heterocycles. The average molecular weight is 321 g/mol. The first-order valence-electron chi connectivity index (χ1n) is 6.63. The lowest BCUT2D eigenvalue weighted by atomic mass is 9.99. The molecule has 2 heterocycles. The van der Waals surface area contributed by atoms with Crippen LogP contribution in [-0.2, 0) is 0 Å². The quantitative estimate of drug-likeness (QED) is 0.851. The molecule has 3 rings (SSSR count). The summed E-state index contributed by atoms with van der Waals surface area (Å²) < 4.78 is 3.04. The van der Waals surface area contributed by atoms with Crippen LogP contribution in [0.1, 0.15) is 19.8 Å². The van der Waals surface area contributed by atoms with Crippen LogP contribution in [0.25, 0.3) is 5.69 Å². The van der Waals surface area contributed by atoms with Crippen molar-refractivity contribution >= 4 is 21.6 Å². The fourth-order valence-corrected chi connectivity index (χ4v) is 3.11.